The fourth-order valence-corrected chi connectivity index (χ4v) is 3.29. The van der Waals surface area contributed by atoms with Crippen molar-refractivity contribution in [1.82, 2.24) is 9.80 Å². The second-order valence-corrected chi connectivity index (χ2v) is 7.29. The Morgan fingerprint density at radius 3 is 2.42 bits per heavy atom. The number of benzene rings is 2. The highest BCUT2D eigenvalue weighted by Crippen LogP contribution is 2.17. The Bertz CT molecular complexity index is 707. The van der Waals surface area contributed by atoms with Crippen LogP contribution < -0.4 is 4.74 Å². The van der Waals surface area contributed by atoms with Gasteiger partial charge in [-0.1, -0.05) is 50.2 Å². The molecule has 0 aliphatic carbocycles. The molecule has 1 saturated heterocycles. The van der Waals surface area contributed by atoms with Gasteiger partial charge < -0.3 is 9.64 Å². The molecule has 138 valence electrons. The maximum Gasteiger partial charge on any atom is 0.254 e. The molecule has 1 amide bonds. The Balaban J connectivity index is 1.56. The van der Waals surface area contributed by atoms with E-state index in [0.717, 1.165) is 44.0 Å². The molecular formula is C22H28N2O2. The van der Waals surface area contributed by atoms with E-state index < -0.39 is 0 Å². The standard InChI is InChI=1S/C22H28N2O2/c1-18(2)16-23-11-13-24(14-12-23)22(25)20-9-6-10-21(15-20)26-17-19-7-4-3-5-8-19/h3-10,15,18H,11-14,16-17H2,1-2H3. The fraction of sp³-hybridized carbons (Fsp3) is 0.409. The van der Waals surface area contributed by atoms with Crippen LogP contribution in [0.2, 0.25) is 0 Å². The third kappa shape index (κ3) is 5.09. The molecule has 4 nitrogen and oxygen atoms in total. The summed E-state index contributed by atoms with van der Waals surface area (Å²) in [6, 6.07) is 17.6. The average molecular weight is 352 g/mol. The molecule has 2 aromatic rings. The zero-order valence-electron chi connectivity index (χ0n) is 15.7. The minimum absolute atomic E-state index is 0.0966. The van der Waals surface area contributed by atoms with Crippen LogP contribution in [0.3, 0.4) is 0 Å². The first-order chi connectivity index (χ1) is 12.6. The van der Waals surface area contributed by atoms with E-state index in [1.807, 2.05) is 59.5 Å². The van der Waals surface area contributed by atoms with E-state index in [0.29, 0.717) is 18.1 Å². The van der Waals surface area contributed by atoms with Crippen molar-refractivity contribution in [2.45, 2.75) is 20.5 Å². The highest BCUT2D eigenvalue weighted by Gasteiger charge is 2.22. The molecule has 0 radical (unpaired) electrons. The topological polar surface area (TPSA) is 32.8 Å². The summed E-state index contributed by atoms with van der Waals surface area (Å²) >= 11 is 0. The number of nitrogens with zero attached hydrogens (tertiary/aromatic N) is 2. The first-order valence-electron chi connectivity index (χ1n) is 9.40. The summed E-state index contributed by atoms with van der Waals surface area (Å²) in [6.45, 7) is 9.57. The summed E-state index contributed by atoms with van der Waals surface area (Å²) in [5.74, 6) is 1.49. The summed E-state index contributed by atoms with van der Waals surface area (Å²) in [4.78, 5) is 17.2. The van der Waals surface area contributed by atoms with Gasteiger partial charge in [-0.3, -0.25) is 9.69 Å². The monoisotopic (exact) mass is 352 g/mol. The minimum Gasteiger partial charge on any atom is -0.489 e. The molecule has 0 spiro atoms. The predicted octanol–water partition coefficient (Wildman–Crippen LogP) is 3.68. The van der Waals surface area contributed by atoms with Crippen LogP contribution in [0.4, 0.5) is 0 Å². The molecule has 2 aromatic carbocycles. The van der Waals surface area contributed by atoms with Crippen LogP contribution in [0.5, 0.6) is 5.75 Å². The number of amides is 1. The van der Waals surface area contributed by atoms with Gasteiger partial charge >= 0.3 is 0 Å². The summed E-state index contributed by atoms with van der Waals surface area (Å²) in [7, 11) is 0. The van der Waals surface area contributed by atoms with Gasteiger partial charge in [0.2, 0.25) is 0 Å². The molecule has 1 aliphatic heterocycles. The molecule has 0 aromatic heterocycles. The summed E-state index contributed by atoms with van der Waals surface area (Å²) in [6.07, 6.45) is 0. The van der Waals surface area contributed by atoms with Gasteiger partial charge in [0.1, 0.15) is 12.4 Å². The predicted molar refractivity (Wildman–Crippen MR) is 104 cm³/mol. The van der Waals surface area contributed by atoms with Crippen LogP contribution in [0, 0.1) is 5.92 Å². The van der Waals surface area contributed by atoms with Gasteiger partial charge in [-0.05, 0) is 29.7 Å². The van der Waals surface area contributed by atoms with Crippen LogP contribution >= 0.6 is 0 Å². The number of hydrogen-bond donors (Lipinski definition) is 0. The smallest absolute Gasteiger partial charge is 0.254 e. The third-order valence-corrected chi connectivity index (χ3v) is 4.61. The van der Waals surface area contributed by atoms with Gasteiger partial charge in [-0.15, -0.1) is 0 Å². The second-order valence-electron chi connectivity index (χ2n) is 7.29. The molecule has 0 atom stereocenters. The van der Waals surface area contributed by atoms with Crippen molar-refractivity contribution < 1.29 is 9.53 Å². The largest absolute Gasteiger partial charge is 0.489 e. The van der Waals surface area contributed by atoms with E-state index in [-0.39, 0.29) is 5.91 Å². The molecule has 26 heavy (non-hydrogen) atoms. The zero-order valence-corrected chi connectivity index (χ0v) is 15.7. The van der Waals surface area contributed by atoms with Crippen molar-refractivity contribution in [3.05, 3.63) is 65.7 Å². The quantitative estimate of drug-likeness (QED) is 0.795. The number of carbonyl (C=O) groups is 1. The third-order valence-electron chi connectivity index (χ3n) is 4.61. The average Bonchev–Trinajstić information content (AvgIpc) is 2.67. The Morgan fingerprint density at radius 1 is 1.00 bits per heavy atom. The highest BCUT2D eigenvalue weighted by atomic mass is 16.5. The lowest BCUT2D eigenvalue weighted by Gasteiger charge is -2.35. The molecule has 0 unspecified atom stereocenters. The van der Waals surface area contributed by atoms with Crippen molar-refractivity contribution in [2.24, 2.45) is 5.92 Å². The van der Waals surface area contributed by atoms with Crippen molar-refractivity contribution >= 4 is 5.91 Å². The molecule has 0 saturated carbocycles. The summed E-state index contributed by atoms with van der Waals surface area (Å²) in [5.41, 5.74) is 1.82. The summed E-state index contributed by atoms with van der Waals surface area (Å²) < 4.78 is 5.85. The van der Waals surface area contributed by atoms with Gasteiger partial charge in [-0.25, -0.2) is 0 Å². The van der Waals surface area contributed by atoms with Crippen molar-refractivity contribution in [2.75, 3.05) is 32.7 Å². The molecule has 0 N–H and O–H groups in total. The first-order valence-corrected chi connectivity index (χ1v) is 9.40. The van der Waals surface area contributed by atoms with E-state index in [1.54, 1.807) is 0 Å². The highest BCUT2D eigenvalue weighted by molar-refractivity contribution is 5.94. The Morgan fingerprint density at radius 2 is 1.73 bits per heavy atom. The van der Waals surface area contributed by atoms with Gasteiger partial charge in [-0.2, -0.15) is 0 Å². The number of hydrogen-bond acceptors (Lipinski definition) is 3. The normalized spacial score (nSPS) is 15.3. The van der Waals surface area contributed by atoms with Crippen molar-refractivity contribution in [3.63, 3.8) is 0 Å². The van der Waals surface area contributed by atoms with Crippen molar-refractivity contribution in [1.29, 1.82) is 0 Å². The lowest BCUT2D eigenvalue weighted by atomic mass is 10.1. The molecule has 1 heterocycles. The van der Waals surface area contributed by atoms with Crippen LogP contribution in [0.25, 0.3) is 0 Å². The minimum atomic E-state index is 0.0966. The van der Waals surface area contributed by atoms with E-state index in [2.05, 4.69) is 18.7 Å². The SMILES string of the molecule is CC(C)CN1CCN(C(=O)c2cccc(OCc3ccccc3)c2)CC1. The van der Waals surface area contributed by atoms with Crippen LogP contribution in [-0.2, 0) is 6.61 Å². The molecule has 3 rings (SSSR count). The number of ether oxygens (including phenoxy) is 1. The number of carbonyl (C=O) groups excluding carboxylic acids is 1. The number of piperazine rings is 1. The van der Waals surface area contributed by atoms with Crippen LogP contribution in [0.1, 0.15) is 29.8 Å². The van der Waals surface area contributed by atoms with Crippen molar-refractivity contribution in [3.8, 4) is 5.75 Å². The fourth-order valence-electron chi connectivity index (χ4n) is 3.29. The Kier molecular flexibility index (Phi) is 6.29. The van der Waals surface area contributed by atoms with Gasteiger partial charge in [0, 0.05) is 38.3 Å². The maximum atomic E-state index is 12.8. The lowest BCUT2D eigenvalue weighted by molar-refractivity contribution is 0.0623. The van der Waals surface area contributed by atoms with E-state index in [1.165, 1.54) is 0 Å². The molecule has 1 fully saturated rings. The molecule has 0 bridgehead atoms. The summed E-state index contributed by atoms with van der Waals surface area (Å²) in [5, 5.41) is 0. The maximum absolute atomic E-state index is 12.8. The lowest BCUT2D eigenvalue weighted by Crippen LogP contribution is -2.49. The van der Waals surface area contributed by atoms with E-state index >= 15 is 0 Å². The second kappa shape index (κ2) is 8.86. The first kappa shape index (κ1) is 18.5. The van der Waals surface area contributed by atoms with E-state index in [4.69, 9.17) is 4.74 Å². The van der Waals surface area contributed by atoms with Gasteiger partial charge in [0.05, 0.1) is 0 Å². The molecular weight excluding hydrogens is 324 g/mol. The Hall–Kier alpha value is -2.33. The van der Waals surface area contributed by atoms with Crippen LogP contribution in [-0.4, -0.2) is 48.4 Å². The molecule has 4 heteroatoms. The number of rotatable bonds is 6. The van der Waals surface area contributed by atoms with Gasteiger partial charge in [0.15, 0.2) is 0 Å². The molecule has 1 aliphatic rings. The van der Waals surface area contributed by atoms with Crippen LogP contribution in [0.15, 0.2) is 54.6 Å². The van der Waals surface area contributed by atoms with Gasteiger partial charge in [0.25, 0.3) is 5.91 Å². The van der Waals surface area contributed by atoms with E-state index in [9.17, 15) is 4.79 Å². The zero-order chi connectivity index (χ0) is 18.4. The Labute approximate surface area is 156 Å².